The van der Waals surface area contributed by atoms with E-state index in [9.17, 15) is 4.79 Å². The fraction of sp³-hybridized carbons (Fsp3) is 0.714. The van der Waals surface area contributed by atoms with Crippen molar-refractivity contribution in [3.63, 3.8) is 0 Å². The molecule has 5 nitrogen and oxygen atoms in total. The third kappa shape index (κ3) is 2.90. The number of piperidine rings is 1. The highest BCUT2D eigenvalue weighted by molar-refractivity contribution is 7.11. The second kappa shape index (κ2) is 5.60. The molecule has 0 radical (unpaired) electrons. The van der Waals surface area contributed by atoms with Crippen LogP contribution < -0.4 is 10.6 Å². The van der Waals surface area contributed by atoms with Crippen LogP contribution in [0.4, 0.5) is 10.8 Å². The van der Waals surface area contributed by atoms with Crippen molar-refractivity contribution in [1.82, 2.24) is 4.37 Å². The van der Waals surface area contributed by atoms with Gasteiger partial charge in [-0.05, 0) is 35.7 Å². The molecule has 1 aliphatic heterocycles. The number of nitrogens with zero attached hydrogens (tertiary/aromatic N) is 2. The van der Waals surface area contributed by atoms with Gasteiger partial charge in [-0.15, -0.1) is 0 Å². The van der Waals surface area contributed by atoms with Crippen molar-refractivity contribution in [3.05, 3.63) is 5.56 Å². The van der Waals surface area contributed by atoms with Gasteiger partial charge in [0.05, 0.1) is 7.11 Å². The summed E-state index contributed by atoms with van der Waals surface area (Å²) >= 11 is 1.29. The first kappa shape index (κ1) is 15.1. The van der Waals surface area contributed by atoms with Crippen LogP contribution in [0.15, 0.2) is 0 Å². The minimum Gasteiger partial charge on any atom is -0.465 e. The first-order valence-corrected chi connectivity index (χ1v) is 7.70. The van der Waals surface area contributed by atoms with Gasteiger partial charge in [-0.2, -0.15) is 4.37 Å². The zero-order chi connectivity index (χ0) is 14.9. The number of rotatable bonds is 2. The Morgan fingerprint density at radius 1 is 1.40 bits per heavy atom. The summed E-state index contributed by atoms with van der Waals surface area (Å²) in [5, 5.41) is 0.849. The summed E-state index contributed by atoms with van der Waals surface area (Å²) in [6.45, 7) is 8.74. The molecule has 0 amide bonds. The average molecular weight is 297 g/mol. The van der Waals surface area contributed by atoms with E-state index >= 15 is 0 Å². The van der Waals surface area contributed by atoms with Crippen molar-refractivity contribution in [3.8, 4) is 0 Å². The minimum absolute atomic E-state index is 0.273. The summed E-state index contributed by atoms with van der Waals surface area (Å²) in [5.74, 6) is 0.588. The highest BCUT2D eigenvalue weighted by Crippen LogP contribution is 2.38. The van der Waals surface area contributed by atoms with Gasteiger partial charge in [0, 0.05) is 13.1 Å². The first-order valence-electron chi connectivity index (χ1n) is 6.93. The molecular formula is C14H23N3O2S. The minimum atomic E-state index is -0.399. The number of anilines is 2. The van der Waals surface area contributed by atoms with E-state index in [0.29, 0.717) is 16.9 Å². The molecular weight excluding hydrogens is 274 g/mol. The largest absolute Gasteiger partial charge is 0.465 e. The Kier molecular flexibility index (Phi) is 4.22. The van der Waals surface area contributed by atoms with E-state index in [1.54, 1.807) is 0 Å². The zero-order valence-electron chi connectivity index (χ0n) is 12.6. The monoisotopic (exact) mass is 297 g/mol. The van der Waals surface area contributed by atoms with Gasteiger partial charge in [0.2, 0.25) is 0 Å². The Balaban J connectivity index is 2.14. The SMILES string of the molecule is COC(=O)c1c(N)nsc1N1CCC(C(C)(C)C)CC1. The van der Waals surface area contributed by atoms with Gasteiger partial charge in [0.25, 0.3) is 0 Å². The molecule has 1 aliphatic rings. The molecule has 0 aliphatic carbocycles. The molecule has 2 rings (SSSR count). The maximum Gasteiger partial charge on any atom is 0.344 e. The maximum atomic E-state index is 11.8. The van der Waals surface area contributed by atoms with E-state index in [1.165, 1.54) is 18.6 Å². The molecule has 0 unspecified atom stereocenters. The molecule has 1 aromatic rings. The lowest BCUT2D eigenvalue weighted by Gasteiger charge is -2.39. The number of carbonyl (C=O) groups is 1. The Hall–Kier alpha value is -1.30. The van der Waals surface area contributed by atoms with Crippen LogP contribution in [-0.2, 0) is 4.74 Å². The molecule has 1 saturated heterocycles. The fourth-order valence-corrected chi connectivity index (χ4v) is 3.60. The molecule has 6 heteroatoms. The number of nitrogen functional groups attached to an aromatic ring is 1. The standard InChI is InChI=1S/C14H23N3O2S/c1-14(2,3)9-5-7-17(8-6-9)12-10(13(18)19-4)11(15)16-20-12/h9H,5-8H2,1-4H3,(H2,15,16). The van der Waals surface area contributed by atoms with E-state index < -0.39 is 5.97 Å². The molecule has 1 aromatic heterocycles. The second-order valence-corrected chi connectivity index (χ2v) is 7.12. The molecule has 2 N–H and O–H groups in total. The molecule has 112 valence electrons. The number of nitrogens with two attached hydrogens (primary N) is 1. The summed E-state index contributed by atoms with van der Waals surface area (Å²) in [6.07, 6.45) is 2.25. The first-order chi connectivity index (χ1) is 9.34. The van der Waals surface area contributed by atoms with Crippen LogP contribution >= 0.6 is 11.5 Å². The lowest BCUT2D eigenvalue weighted by molar-refractivity contribution is 0.0602. The smallest absolute Gasteiger partial charge is 0.344 e. The quantitative estimate of drug-likeness (QED) is 0.850. The van der Waals surface area contributed by atoms with Gasteiger partial charge in [-0.25, -0.2) is 4.79 Å². The van der Waals surface area contributed by atoms with E-state index in [1.807, 2.05) is 0 Å². The molecule has 0 saturated carbocycles. The van der Waals surface area contributed by atoms with Gasteiger partial charge in [0.15, 0.2) is 5.82 Å². The fourth-order valence-electron chi connectivity index (χ4n) is 2.75. The van der Waals surface area contributed by atoms with E-state index in [-0.39, 0.29) is 5.82 Å². The highest BCUT2D eigenvalue weighted by Gasteiger charge is 2.31. The lowest BCUT2D eigenvalue weighted by Crippen LogP contribution is -2.38. The average Bonchev–Trinajstić information content (AvgIpc) is 2.79. The van der Waals surface area contributed by atoms with Gasteiger partial charge < -0.3 is 15.4 Å². The lowest BCUT2D eigenvalue weighted by atomic mass is 9.75. The number of carbonyl (C=O) groups excluding carboxylic acids is 1. The number of esters is 1. The van der Waals surface area contributed by atoms with Crippen molar-refractivity contribution >= 4 is 28.3 Å². The van der Waals surface area contributed by atoms with E-state index in [2.05, 4.69) is 30.0 Å². The Labute approximate surface area is 124 Å². The van der Waals surface area contributed by atoms with Crippen molar-refractivity contribution in [1.29, 1.82) is 0 Å². The van der Waals surface area contributed by atoms with Crippen molar-refractivity contribution in [2.75, 3.05) is 30.8 Å². The van der Waals surface area contributed by atoms with E-state index in [4.69, 9.17) is 10.5 Å². The Bertz CT molecular complexity index is 485. The summed E-state index contributed by atoms with van der Waals surface area (Å²) in [4.78, 5) is 14.0. The third-order valence-electron chi connectivity index (χ3n) is 4.10. The zero-order valence-corrected chi connectivity index (χ0v) is 13.4. The van der Waals surface area contributed by atoms with Crippen LogP contribution in [0.25, 0.3) is 0 Å². The van der Waals surface area contributed by atoms with E-state index in [0.717, 1.165) is 30.9 Å². The molecule has 2 heterocycles. The topological polar surface area (TPSA) is 68.5 Å². The van der Waals surface area contributed by atoms with Crippen molar-refractivity contribution in [2.24, 2.45) is 11.3 Å². The number of methoxy groups -OCH3 is 1. The van der Waals surface area contributed by atoms with Crippen molar-refractivity contribution in [2.45, 2.75) is 33.6 Å². The number of hydrogen-bond donors (Lipinski definition) is 1. The number of hydrogen-bond acceptors (Lipinski definition) is 6. The van der Waals surface area contributed by atoms with Crippen LogP contribution in [0, 0.1) is 11.3 Å². The molecule has 0 atom stereocenters. The van der Waals surface area contributed by atoms with Crippen LogP contribution in [0.2, 0.25) is 0 Å². The molecule has 0 aromatic carbocycles. The second-order valence-electron chi connectivity index (χ2n) is 6.37. The van der Waals surface area contributed by atoms with Gasteiger partial charge >= 0.3 is 5.97 Å². The Morgan fingerprint density at radius 3 is 2.50 bits per heavy atom. The summed E-state index contributed by atoms with van der Waals surface area (Å²) in [6, 6.07) is 0. The van der Waals surface area contributed by atoms with Crippen LogP contribution in [0.5, 0.6) is 0 Å². The normalized spacial score (nSPS) is 17.3. The molecule has 0 bridgehead atoms. The van der Waals surface area contributed by atoms with Crippen LogP contribution in [0.3, 0.4) is 0 Å². The maximum absolute atomic E-state index is 11.8. The van der Waals surface area contributed by atoms with Gasteiger partial charge in [-0.1, -0.05) is 20.8 Å². The van der Waals surface area contributed by atoms with Gasteiger partial charge in [-0.3, -0.25) is 0 Å². The Morgan fingerprint density at radius 2 is 2.00 bits per heavy atom. The van der Waals surface area contributed by atoms with Gasteiger partial charge in [0.1, 0.15) is 10.6 Å². The van der Waals surface area contributed by atoms with Crippen LogP contribution in [-0.4, -0.2) is 30.5 Å². The van der Waals surface area contributed by atoms with Crippen LogP contribution in [0.1, 0.15) is 44.0 Å². The summed E-state index contributed by atoms with van der Waals surface area (Å²) in [7, 11) is 1.37. The number of aromatic nitrogens is 1. The highest BCUT2D eigenvalue weighted by atomic mass is 32.1. The molecule has 1 fully saturated rings. The molecule has 0 spiro atoms. The predicted molar refractivity (Wildman–Crippen MR) is 82.3 cm³/mol. The summed E-state index contributed by atoms with van der Waals surface area (Å²) in [5.41, 5.74) is 6.55. The summed E-state index contributed by atoms with van der Waals surface area (Å²) < 4.78 is 8.91. The van der Waals surface area contributed by atoms with Crippen molar-refractivity contribution < 1.29 is 9.53 Å². The third-order valence-corrected chi connectivity index (χ3v) is 5.02. The number of ether oxygens (including phenoxy) is 1. The molecule has 20 heavy (non-hydrogen) atoms. The predicted octanol–water partition coefficient (Wildman–Crippen LogP) is 2.77.